The molecule has 0 amide bonds. The molecular weight excluding hydrogens is 736 g/mol. The van der Waals surface area contributed by atoms with Crippen molar-refractivity contribution in [3.63, 3.8) is 0 Å². The van der Waals surface area contributed by atoms with E-state index >= 15 is 0 Å². The molecule has 5 rings (SSSR count). The molecule has 0 radical (unpaired) electrons. The van der Waals surface area contributed by atoms with Crippen LogP contribution in [0, 0.1) is 0 Å². The zero-order chi connectivity index (χ0) is 34.2. The fourth-order valence-corrected chi connectivity index (χ4v) is 9.88. The van der Waals surface area contributed by atoms with Gasteiger partial charge >= 0.3 is 5.69 Å². The third-order valence-electron chi connectivity index (χ3n) is 6.42. The summed E-state index contributed by atoms with van der Waals surface area (Å²) >= 11 is 5.64. The quantitative estimate of drug-likeness (QED) is 0.221. The van der Waals surface area contributed by atoms with Crippen molar-refractivity contribution < 1.29 is 69.5 Å². The number of ether oxygens (including phenoxy) is 3. The number of hydrogen-bond acceptors (Lipinski definition) is 17. The number of hydrogen-bond donors (Lipinski definition) is 1. The van der Waals surface area contributed by atoms with E-state index in [1.165, 1.54) is 0 Å². The minimum Gasteiger partial charge on any atom is -0.775 e. The largest absolute Gasteiger partial charge is 0.775 e. The first-order valence-electron chi connectivity index (χ1n) is 13.0. The van der Waals surface area contributed by atoms with Crippen LogP contribution in [0.3, 0.4) is 0 Å². The Morgan fingerprint density at radius 1 is 0.787 bits per heavy atom. The molecule has 24 heteroatoms. The van der Waals surface area contributed by atoms with Gasteiger partial charge in [0.1, 0.15) is 18.3 Å². The van der Waals surface area contributed by atoms with Crippen LogP contribution in [-0.4, -0.2) is 40.8 Å². The standard InChI is InChI=1S/C23H25ClN2O17P4/c24-15-6-8-16(9-7-15)44(29,30)41-46(33,34)43-47(35,36)42-45(31,32)37-13-17-20-21(22(38-17)26-11-10-18(27)25-23(26)28)40-19(39-20)12-14-4-2-1-3-5-14/h1-11,17,19-22H,12-13H2,(H,29,30)(H,31,32)(H,33,34)(H,35,36)(H,25,27,28)/p-4/t17-,19?,20?,21+,22-/m1/s1. The molecule has 9 atom stereocenters. The molecule has 0 spiro atoms. The highest BCUT2D eigenvalue weighted by Crippen LogP contribution is 2.66. The summed E-state index contributed by atoms with van der Waals surface area (Å²) in [5.41, 5.74) is -0.812. The Labute approximate surface area is 268 Å². The average Bonchev–Trinajstić information content (AvgIpc) is 3.50. The Morgan fingerprint density at radius 3 is 2.06 bits per heavy atom. The van der Waals surface area contributed by atoms with Crippen molar-refractivity contribution in [3.05, 3.63) is 98.3 Å². The van der Waals surface area contributed by atoms with Gasteiger partial charge in [-0.15, -0.1) is 0 Å². The molecule has 19 nitrogen and oxygen atoms in total. The van der Waals surface area contributed by atoms with Crippen LogP contribution in [0.1, 0.15) is 11.8 Å². The van der Waals surface area contributed by atoms with Gasteiger partial charge in [-0.25, -0.2) is 13.4 Å². The lowest BCUT2D eigenvalue weighted by atomic mass is 10.1. The number of nitrogens with one attached hydrogen (secondary N) is 1. The van der Waals surface area contributed by atoms with Crippen molar-refractivity contribution in [1.29, 1.82) is 0 Å². The topological polar surface area (TPSA) is 280 Å². The Hall–Kier alpha value is -2.11. The van der Waals surface area contributed by atoms with E-state index in [9.17, 15) is 47.4 Å². The number of phosphoric acid groups is 3. The van der Waals surface area contributed by atoms with Crippen molar-refractivity contribution in [2.45, 2.75) is 37.3 Å². The molecule has 0 bridgehead atoms. The molecule has 3 heterocycles. The number of nitrogens with zero attached hydrogens (tertiary/aromatic N) is 1. The van der Waals surface area contributed by atoms with Crippen molar-refractivity contribution in [1.82, 2.24) is 9.55 Å². The summed E-state index contributed by atoms with van der Waals surface area (Å²) in [5.74, 6) is 0. The average molecular weight is 757 g/mol. The van der Waals surface area contributed by atoms with Gasteiger partial charge in [0.25, 0.3) is 29.0 Å². The van der Waals surface area contributed by atoms with Crippen molar-refractivity contribution in [3.8, 4) is 0 Å². The van der Waals surface area contributed by atoms with Crippen LogP contribution in [0.4, 0.5) is 0 Å². The molecule has 3 aromatic rings. The fraction of sp³-hybridized carbons (Fsp3) is 0.304. The number of aromatic nitrogens is 2. The lowest BCUT2D eigenvalue weighted by molar-refractivity contribution is -0.251. The van der Waals surface area contributed by atoms with Crippen LogP contribution in [-0.2, 0) is 56.3 Å². The summed E-state index contributed by atoms with van der Waals surface area (Å²) in [6.07, 6.45) is -4.43. The van der Waals surface area contributed by atoms with E-state index in [1.54, 1.807) is 30.3 Å². The fourth-order valence-electron chi connectivity index (χ4n) is 4.55. The van der Waals surface area contributed by atoms with Crippen molar-refractivity contribution >= 4 is 48.0 Å². The van der Waals surface area contributed by atoms with Gasteiger partial charge in [-0.1, -0.05) is 41.9 Å². The van der Waals surface area contributed by atoms with Crippen molar-refractivity contribution in [2.24, 2.45) is 0 Å². The Kier molecular flexibility index (Phi) is 10.8. The molecule has 256 valence electrons. The van der Waals surface area contributed by atoms with Gasteiger partial charge in [-0.3, -0.25) is 32.4 Å². The predicted molar refractivity (Wildman–Crippen MR) is 150 cm³/mol. The summed E-state index contributed by atoms with van der Waals surface area (Å²) in [5, 5.41) is -0.653. The van der Waals surface area contributed by atoms with Gasteiger partial charge in [0.05, 0.1) is 6.61 Å². The molecule has 0 saturated carbocycles. The summed E-state index contributed by atoms with van der Waals surface area (Å²) in [4.78, 5) is 74.9. The van der Waals surface area contributed by atoms with Crippen LogP contribution in [0.25, 0.3) is 0 Å². The third-order valence-corrected chi connectivity index (χ3v) is 12.9. The number of aromatic amines is 1. The molecule has 2 aromatic carbocycles. The van der Waals surface area contributed by atoms with E-state index in [2.05, 4.69) is 17.5 Å². The normalized spacial score (nSPS) is 27.6. The minimum atomic E-state index is -6.43. The van der Waals surface area contributed by atoms with Crippen LogP contribution in [0.15, 0.2) is 76.4 Å². The van der Waals surface area contributed by atoms with Gasteiger partial charge < -0.3 is 42.9 Å². The molecule has 1 aromatic heterocycles. The Bertz CT molecular complexity index is 1910. The second-order valence-electron chi connectivity index (χ2n) is 9.76. The second kappa shape index (κ2) is 14.0. The van der Waals surface area contributed by atoms with Crippen LogP contribution in [0.5, 0.6) is 0 Å². The molecular formula is C23H21ClN2O17P4-4. The van der Waals surface area contributed by atoms with Crippen molar-refractivity contribution in [2.75, 3.05) is 6.61 Å². The number of fused-ring (bicyclic) bond motifs is 1. The lowest BCUT2D eigenvalue weighted by Gasteiger charge is -2.36. The van der Waals surface area contributed by atoms with Gasteiger partial charge in [0, 0.05) is 29.0 Å². The highest BCUT2D eigenvalue weighted by atomic mass is 35.5. The van der Waals surface area contributed by atoms with E-state index in [4.69, 9.17) is 25.8 Å². The molecule has 2 aliphatic rings. The smallest absolute Gasteiger partial charge is 0.330 e. The molecule has 47 heavy (non-hydrogen) atoms. The van der Waals surface area contributed by atoms with Gasteiger partial charge in [-0.05, 0) is 29.8 Å². The summed E-state index contributed by atoms with van der Waals surface area (Å²) in [7, 11) is -24.3. The highest BCUT2D eigenvalue weighted by molar-refractivity contribution is 7.71. The zero-order valence-corrected chi connectivity index (χ0v) is 27.5. The number of rotatable bonds is 13. The van der Waals surface area contributed by atoms with E-state index in [0.29, 0.717) is 0 Å². The SMILES string of the molecule is O=c1ccn([C@@H]2O[C@H](COP(=O)([O-])OP(=O)([O-])OP(=O)([O-])OP(=O)([O-])c3ccc(Cl)cc3)C3OC(Cc4ccccc4)O[C@@H]32)c(=O)[nH]1. The maximum absolute atomic E-state index is 12.5. The number of benzene rings is 2. The highest BCUT2D eigenvalue weighted by Gasteiger charge is 2.54. The van der Waals surface area contributed by atoms with Gasteiger partial charge in [0.15, 0.2) is 20.1 Å². The Balaban J connectivity index is 1.26. The molecule has 0 aliphatic carbocycles. The second-order valence-corrected chi connectivity index (χ2v) is 16.6. The molecule has 2 saturated heterocycles. The van der Waals surface area contributed by atoms with E-state index in [-0.39, 0.29) is 11.4 Å². The molecule has 1 N–H and O–H groups in total. The van der Waals surface area contributed by atoms with E-state index in [0.717, 1.165) is 46.7 Å². The monoisotopic (exact) mass is 756 g/mol. The summed E-state index contributed by atoms with van der Waals surface area (Å²) in [6.45, 7) is -1.02. The number of halogens is 1. The summed E-state index contributed by atoms with van der Waals surface area (Å²) < 4.78 is 83.2. The van der Waals surface area contributed by atoms with Crippen LogP contribution >= 0.6 is 42.7 Å². The van der Waals surface area contributed by atoms with Gasteiger partial charge in [0.2, 0.25) is 0 Å². The maximum atomic E-state index is 12.5. The first kappa shape index (κ1) is 36.2. The van der Waals surface area contributed by atoms with Crippen LogP contribution < -0.4 is 36.1 Å². The first-order chi connectivity index (χ1) is 21.9. The zero-order valence-electron chi connectivity index (χ0n) is 23.2. The third kappa shape index (κ3) is 9.32. The van der Waals surface area contributed by atoms with E-state index in [1.807, 2.05) is 4.98 Å². The molecule has 6 unspecified atom stereocenters. The predicted octanol–water partition coefficient (Wildman–Crippen LogP) is -0.209. The lowest BCUT2D eigenvalue weighted by Crippen LogP contribution is -2.36. The number of phosphoric ester groups is 1. The summed E-state index contributed by atoms with van der Waals surface area (Å²) in [6, 6.07) is 13.8. The maximum Gasteiger partial charge on any atom is 0.330 e. The molecule has 2 fully saturated rings. The number of H-pyrrole nitrogens is 1. The first-order valence-corrected chi connectivity index (χ1v) is 19.3. The van der Waals surface area contributed by atoms with E-state index < -0.39 is 85.1 Å². The van der Waals surface area contributed by atoms with Gasteiger partial charge in [-0.2, -0.15) is 0 Å². The van der Waals surface area contributed by atoms with Crippen LogP contribution in [0.2, 0.25) is 5.02 Å². The Morgan fingerprint density at radius 2 is 1.40 bits per heavy atom. The molecule has 2 aliphatic heterocycles. The minimum absolute atomic E-state index is 0.0809.